The van der Waals surface area contributed by atoms with Gasteiger partial charge in [0, 0.05) is 32.5 Å². The van der Waals surface area contributed by atoms with Gasteiger partial charge in [-0.2, -0.15) is 5.10 Å². The van der Waals surface area contributed by atoms with Crippen molar-refractivity contribution in [3.05, 3.63) is 29.8 Å². The van der Waals surface area contributed by atoms with Crippen LogP contribution in [0.4, 0.5) is 5.69 Å². The molecule has 1 aromatic rings. The van der Waals surface area contributed by atoms with Gasteiger partial charge in [-0.05, 0) is 37.5 Å². The molecule has 6 nitrogen and oxygen atoms in total. The molecule has 3 rings (SSSR count). The predicted octanol–water partition coefficient (Wildman–Crippen LogP) is 2.12. The largest absolute Gasteiger partial charge is 0.383 e. The van der Waals surface area contributed by atoms with Crippen molar-refractivity contribution in [2.45, 2.75) is 38.6 Å². The lowest BCUT2D eigenvalue weighted by Crippen LogP contribution is -2.43. The Bertz CT molecular complexity index is 667. The standard InChI is InChI=1S/C18H23N3O3/c1-13-4-3-5-15(12-13)21-17(22)9-8-16(19-21)18(23)20(10-11-24-2)14-6-7-14/h3-5,12,14H,6-11H2,1-2H3. The third-order valence-electron chi connectivity index (χ3n) is 4.31. The zero-order chi connectivity index (χ0) is 17.1. The van der Waals surface area contributed by atoms with Gasteiger partial charge < -0.3 is 9.64 Å². The van der Waals surface area contributed by atoms with E-state index in [4.69, 9.17) is 4.74 Å². The van der Waals surface area contributed by atoms with E-state index in [0.717, 1.165) is 18.4 Å². The first-order valence-corrected chi connectivity index (χ1v) is 8.37. The molecule has 0 spiro atoms. The summed E-state index contributed by atoms with van der Waals surface area (Å²) >= 11 is 0. The first-order valence-electron chi connectivity index (χ1n) is 8.37. The van der Waals surface area contributed by atoms with Crippen LogP contribution in [0, 0.1) is 6.92 Å². The lowest BCUT2D eigenvalue weighted by Gasteiger charge is -2.27. The van der Waals surface area contributed by atoms with Crippen molar-refractivity contribution in [1.29, 1.82) is 0 Å². The number of carbonyl (C=O) groups excluding carboxylic acids is 2. The van der Waals surface area contributed by atoms with Gasteiger partial charge in [0.1, 0.15) is 5.71 Å². The van der Waals surface area contributed by atoms with E-state index in [2.05, 4.69) is 5.10 Å². The molecule has 1 aliphatic heterocycles. The average molecular weight is 329 g/mol. The fourth-order valence-corrected chi connectivity index (χ4v) is 2.86. The maximum atomic E-state index is 12.8. The Morgan fingerprint density at radius 3 is 2.83 bits per heavy atom. The molecule has 0 aromatic heterocycles. The van der Waals surface area contributed by atoms with E-state index in [1.54, 1.807) is 7.11 Å². The van der Waals surface area contributed by atoms with Crippen molar-refractivity contribution in [1.82, 2.24) is 4.90 Å². The van der Waals surface area contributed by atoms with Crippen LogP contribution >= 0.6 is 0 Å². The summed E-state index contributed by atoms with van der Waals surface area (Å²) < 4.78 is 5.11. The van der Waals surface area contributed by atoms with Gasteiger partial charge in [-0.3, -0.25) is 9.59 Å². The van der Waals surface area contributed by atoms with Crippen LogP contribution in [0.1, 0.15) is 31.2 Å². The van der Waals surface area contributed by atoms with E-state index in [1.165, 1.54) is 5.01 Å². The second-order valence-corrected chi connectivity index (χ2v) is 6.31. The molecule has 0 saturated heterocycles. The molecule has 1 fully saturated rings. The second-order valence-electron chi connectivity index (χ2n) is 6.31. The van der Waals surface area contributed by atoms with E-state index in [9.17, 15) is 9.59 Å². The van der Waals surface area contributed by atoms with Gasteiger partial charge >= 0.3 is 0 Å². The quantitative estimate of drug-likeness (QED) is 0.803. The number of amides is 2. The molecule has 1 saturated carbocycles. The van der Waals surface area contributed by atoms with Crippen molar-refractivity contribution < 1.29 is 14.3 Å². The maximum Gasteiger partial charge on any atom is 0.270 e. The number of aryl methyl sites for hydroxylation is 1. The number of nitrogens with zero attached hydrogens (tertiary/aromatic N) is 3. The van der Waals surface area contributed by atoms with E-state index >= 15 is 0 Å². The Labute approximate surface area is 142 Å². The molecular weight excluding hydrogens is 306 g/mol. The Kier molecular flexibility index (Phi) is 4.94. The minimum atomic E-state index is -0.0768. The number of ether oxygens (including phenoxy) is 1. The molecule has 1 heterocycles. The number of anilines is 1. The highest BCUT2D eigenvalue weighted by Crippen LogP contribution is 2.28. The smallest absolute Gasteiger partial charge is 0.270 e. The van der Waals surface area contributed by atoms with E-state index < -0.39 is 0 Å². The van der Waals surface area contributed by atoms with Crippen molar-refractivity contribution in [2.75, 3.05) is 25.3 Å². The summed E-state index contributed by atoms with van der Waals surface area (Å²) in [5.41, 5.74) is 2.22. The molecule has 2 amide bonds. The highest BCUT2D eigenvalue weighted by Gasteiger charge is 2.36. The third-order valence-corrected chi connectivity index (χ3v) is 4.31. The third kappa shape index (κ3) is 3.64. The number of rotatable bonds is 6. The molecule has 6 heteroatoms. The summed E-state index contributed by atoms with van der Waals surface area (Å²) in [6.07, 6.45) is 2.77. The Morgan fingerprint density at radius 1 is 1.38 bits per heavy atom. The molecular formula is C18H23N3O3. The van der Waals surface area contributed by atoms with Crippen LogP contribution in [-0.2, 0) is 14.3 Å². The molecule has 128 valence electrons. The van der Waals surface area contributed by atoms with E-state index in [0.29, 0.717) is 43.4 Å². The number of methoxy groups -OCH3 is 1. The van der Waals surface area contributed by atoms with Gasteiger partial charge in [-0.25, -0.2) is 5.01 Å². The van der Waals surface area contributed by atoms with Gasteiger partial charge in [-0.15, -0.1) is 0 Å². The van der Waals surface area contributed by atoms with Gasteiger partial charge in [0.05, 0.1) is 12.3 Å². The van der Waals surface area contributed by atoms with Crippen LogP contribution in [0.5, 0.6) is 0 Å². The van der Waals surface area contributed by atoms with Gasteiger partial charge in [0.15, 0.2) is 0 Å². The number of carbonyl (C=O) groups is 2. The van der Waals surface area contributed by atoms with Crippen molar-refractivity contribution in [2.24, 2.45) is 5.10 Å². The molecule has 1 aliphatic carbocycles. The Hall–Kier alpha value is -2.21. The molecule has 0 bridgehead atoms. The molecule has 0 atom stereocenters. The first kappa shape index (κ1) is 16.6. The lowest BCUT2D eigenvalue weighted by atomic mass is 10.1. The number of hydrogen-bond donors (Lipinski definition) is 0. The molecule has 24 heavy (non-hydrogen) atoms. The SMILES string of the molecule is COCCN(C(=O)C1=NN(c2cccc(C)c2)C(=O)CC1)C1CC1. The molecule has 1 aromatic carbocycles. The van der Waals surface area contributed by atoms with Gasteiger partial charge in [-0.1, -0.05) is 12.1 Å². The lowest BCUT2D eigenvalue weighted by molar-refractivity contribution is -0.125. The van der Waals surface area contributed by atoms with Crippen molar-refractivity contribution >= 4 is 23.2 Å². The minimum absolute atomic E-state index is 0.0697. The second kappa shape index (κ2) is 7.13. The molecule has 2 aliphatic rings. The van der Waals surface area contributed by atoms with Crippen LogP contribution in [0.2, 0.25) is 0 Å². The maximum absolute atomic E-state index is 12.8. The Morgan fingerprint density at radius 2 is 2.17 bits per heavy atom. The highest BCUT2D eigenvalue weighted by atomic mass is 16.5. The van der Waals surface area contributed by atoms with Crippen molar-refractivity contribution in [3.8, 4) is 0 Å². The minimum Gasteiger partial charge on any atom is -0.383 e. The summed E-state index contributed by atoms with van der Waals surface area (Å²) in [6, 6.07) is 7.89. The number of hydrazone groups is 1. The van der Waals surface area contributed by atoms with Crippen LogP contribution in [0.25, 0.3) is 0 Å². The van der Waals surface area contributed by atoms with Gasteiger partial charge in [0.2, 0.25) is 5.91 Å². The molecule has 0 unspecified atom stereocenters. The van der Waals surface area contributed by atoms with E-state index in [1.807, 2.05) is 36.1 Å². The van der Waals surface area contributed by atoms with Crippen molar-refractivity contribution in [3.63, 3.8) is 0 Å². The normalized spacial score (nSPS) is 17.7. The first-order chi connectivity index (χ1) is 11.6. The summed E-state index contributed by atoms with van der Waals surface area (Å²) in [4.78, 5) is 26.9. The zero-order valence-electron chi connectivity index (χ0n) is 14.2. The fourth-order valence-electron chi connectivity index (χ4n) is 2.86. The fraction of sp³-hybridized carbons (Fsp3) is 0.500. The summed E-state index contributed by atoms with van der Waals surface area (Å²) in [7, 11) is 1.63. The summed E-state index contributed by atoms with van der Waals surface area (Å²) in [6.45, 7) is 3.04. The van der Waals surface area contributed by atoms with E-state index in [-0.39, 0.29) is 11.8 Å². The molecule has 0 N–H and O–H groups in total. The topological polar surface area (TPSA) is 62.2 Å². The highest BCUT2D eigenvalue weighted by molar-refractivity contribution is 6.40. The van der Waals surface area contributed by atoms with Crippen LogP contribution in [0.3, 0.4) is 0 Å². The summed E-state index contributed by atoms with van der Waals surface area (Å²) in [5, 5.41) is 5.75. The number of benzene rings is 1. The predicted molar refractivity (Wildman–Crippen MR) is 91.9 cm³/mol. The number of hydrogen-bond acceptors (Lipinski definition) is 4. The van der Waals surface area contributed by atoms with Crippen LogP contribution < -0.4 is 5.01 Å². The monoisotopic (exact) mass is 329 g/mol. The average Bonchev–Trinajstić information content (AvgIpc) is 3.40. The summed E-state index contributed by atoms with van der Waals surface area (Å²) in [5.74, 6) is -0.147. The van der Waals surface area contributed by atoms with Crippen LogP contribution in [-0.4, -0.2) is 48.7 Å². The zero-order valence-corrected chi connectivity index (χ0v) is 14.2. The van der Waals surface area contributed by atoms with Crippen LogP contribution in [0.15, 0.2) is 29.4 Å². The molecule has 0 radical (unpaired) electrons. The van der Waals surface area contributed by atoms with Gasteiger partial charge in [0.25, 0.3) is 5.91 Å². The Balaban J connectivity index is 1.82.